The van der Waals surface area contributed by atoms with E-state index in [1.54, 1.807) is 0 Å². The fraction of sp³-hybridized carbons (Fsp3) is 0.667. The number of para-hydroxylation sites is 1. The number of rotatable bonds is 7. The Labute approximate surface area is 176 Å². The average Bonchev–Trinajstić information content (AvgIpc) is 2.67. The van der Waals surface area contributed by atoms with Gasteiger partial charge in [-0.15, -0.1) is 0 Å². The van der Waals surface area contributed by atoms with Gasteiger partial charge in [-0.3, -0.25) is 0 Å². The fourth-order valence-electron chi connectivity index (χ4n) is 3.24. The maximum atomic E-state index is 12.4. The van der Waals surface area contributed by atoms with E-state index in [0.29, 0.717) is 5.75 Å². The molecule has 1 aliphatic rings. The first kappa shape index (κ1) is 24.5. The van der Waals surface area contributed by atoms with Crippen molar-refractivity contribution in [1.82, 2.24) is 0 Å². The Morgan fingerprint density at radius 2 is 1.57 bits per heavy atom. The largest absolute Gasteiger partial charge is 0.516 e. The molecule has 1 aromatic rings. The molecule has 1 fully saturated rings. The normalized spacial score (nSPS) is 27.9. The molecule has 0 spiro atoms. The van der Waals surface area contributed by atoms with Gasteiger partial charge in [0.2, 0.25) is 6.29 Å². The van der Waals surface area contributed by atoms with Crippen LogP contribution in [0.15, 0.2) is 18.2 Å². The number of hydrogen-bond donors (Lipinski definition) is 4. The number of benzene rings is 1. The number of carbonyl (C=O) groups is 1. The van der Waals surface area contributed by atoms with Gasteiger partial charge in [0.25, 0.3) is 0 Å². The molecule has 0 saturated carbocycles. The standard InChI is InChI=1S/C21H32O9/c1-10(2)13-7-6-8-14(11(3)4)19(13)30-21(26)28-12(5)27-20-18(25)17(24)16(23)15(9-22)29-20/h6-8,10-12,15-18,20,22-25H,9H2,1-5H3/t12?,15-,16-,17+,18-,20+/m1/s1. The Balaban J connectivity index is 2.05. The second kappa shape index (κ2) is 10.5. The maximum Gasteiger partial charge on any atom is 0.516 e. The Morgan fingerprint density at radius 1 is 1.00 bits per heavy atom. The highest BCUT2D eigenvalue weighted by molar-refractivity contribution is 5.66. The second-order valence-electron chi connectivity index (χ2n) is 7.95. The molecule has 6 atom stereocenters. The van der Waals surface area contributed by atoms with Gasteiger partial charge < -0.3 is 39.4 Å². The highest BCUT2D eigenvalue weighted by Gasteiger charge is 2.44. The highest BCUT2D eigenvalue weighted by atomic mass is 16.8. The summed E-state index contributed by atoms with van der Waals surface area (Å²) in [6.07, 6.45) is -9.44. The minimum Gasteiger partial charge on any atom is -0.404 e. The first-order chi connectivity index (χ1) is 14.1. The van der Waals surface area contributed by atoms with Crippen LogP contribution in [-0.4, -0.2) is 70.2 Å². The molecular weight excluding hydrogens is 396 g/mol. The minimum absolute atomic E-state index is 0.120. The molecule has 0 aromatic heterocycles. The van der Waals surface area contributed by atoms with E-state index >= 15 is 0 Å². The van der Waals surface area contributed by atoms with Crippen molar-refractivity contribution in [3.63, 3.8) is 0 Å². The third-order valence-corrected chi connectivity index (χ3v) is 4.94. The quantitative estimate of drug-likeness (QED) is 0.290. The molecule has 1 aliphatic heterocycles. The summed E-state index contributed by atoms with van der Waals surface area (Å²) < 4.78 is 21.2. The lowest BCUT2D eigenvalue weighted by Crippen LogP contribution is -2.59. The number of carbonyl (C=O) groups excluding carboxylic acids is 1. The van der Waals surface area contributed by atoms with Gasteiger partial charge in [-0.1, -0.05) is 45.9 Å². The van der Waals surface area contributed by atoms with E-state index in [1.165, 1.54) is 6.92 Å². The van der Waals surface area contributed by atoms with Crippen molar-refractivity contribution in [1.29, 1.82) is 0 Å². The maximum absolute atomic E-state index is 12.4. The van der Waals surface area contributed by atoms with Gasteiger partial charge in [-0.25, -0.2) is 4.79 Å². The van der Waals surface area contributed by atoms with Gasteiger partial charge in [-0.05, 0) is 29.9 Å². The molecule has 2 rings (SSSR count). The van der Waals surface area contributed by atoms with Gasteiger partial charge in [0.05, 0.1) is 6.61 Å². The Kier molecular flexibility index (Phi) is 8.60. The minimum atomic E-state index is -1.60. The Morgan fingerprint density at radius 3 is 2.07 bits per heavy atom. The second-order valence-corrected chi connectivity index (χ2v) is 7.95. The van der Waals surface area contributed by atoms with Crippen LogP contribution in [0.2, 0.25) is 0 Å². The topological polar surface area (TPSA) is 135 Å². The van der Waals surface area contributed by atoms with Crippen molar-refractivity contribution in [3.05, 3.63) is 29.3 Å². The molecule has 1 heterocycles. The number of ether oxygens (including phenoxy) is 4. The van der Waals surface area contributed by atoms with Crippen molar-refractivity contribution in [2.75, 3.05) is 6.61 Å². The smallest absolute Gasteiger partial charge is 0.404 e. The van der Waals surface area contributed by atoms with Crippen LogP contribution in [0.25, 0.3) is 0 Å². The number of aliphatic hydroxyl groups is 4. The zero-order valence-corrected chi connectivity index (χ0v) is 17.9. The lowest BCUT2D eigenvalue weighted by atomic mass is 9.94. The summed E-state index contributed by atoms with van der Waals surface area (Å²) in [5, 5.41) is 38.9. The van der Waals surface area contributed by atoms with E-state index in [0.717, 1.165) is 11.1 Å². The van der Waals surface area contributed by atoms with Gasteiger partial charge in [0.1, 0.15) is 30.2 Å². The predicted octanol–water partition coefficient (Wildman–Crippen LogP) is 1.61. The molecular formula is C21H32O9. The van der Waals surface area contributed by atoms with E-state index in [2.05, 4.69) is 0 Å². The molecule has 0 bridgehead atoms. The van der Waals surface area contributed by atoms with Gasteiger partial charge in [0.15, 0.2) is 6.29 Å². The summed E-state index contributed by atoms with van der Waals surface area (Å²) in [4.78, 5) is 12.4. The van der Waals surface area contributed by atoms with Crippen LogP contribution >= 0.6 is 0 Å². The fourth-order valence-corrected chi connectivity index (χ4v) is 3.24. The summed E-state index contributed by atoms with van der Waals surface area (Å²) >= 11 is 0. The van der Waals surface area contributed by atoms with Crippen LogP contribution in [0.3, 0.4) is 0 Å². The number of aliphatic hydroxyl groups excluding tert-OH is 4. The lowest BCUT2D eigenvalue weighted by Gasteiger charge is -2.40. The van der Waals surface area contributed by atoms with Crippen molar-refractivity contribution in [2.24, 2.45) is 0 Å². The molecule has 1 aromatic carbocycles. The summed E-state index contributed by atoms with van der Waals surface area (Å²) in [7, 11) is 0. The summed E-state index contributed by atoms with van der Waals surface area (Å²) in [6, 6.07) is 5.67. The van der Waals surface area contributed by atoms with Crippen LogP contribution in [0, 0.1) is 0 Å². The third-order valence-electron chi connectivity index (χ3n) is 4.94. The Bertz CT molecular complexity index is 677. The Hall–Kier alpha value is -1.75. The van der Waals surface area contributed by atoms with Crippen molar-refractivity contribution in [3.8, 4) is 5.75 Å². The van der Waals surface area contributed by atoms with Crippen LogP contribution in [-0.2, 0) is 14.2 Å². The molecule has 0 aliphatic carbocycles. The third kappa shape index (κ3) is 5.69. The zero-order valence-electron chi connectivity index (χ0n) is 17.9. The average molecular weight is 428 g/mol. The first-order valence-corrected chi connectivity index (χ1v) is 10.0. The molecule has 9 heteroatoms. The monoisotopic (exact) mass is 428 g/mol. The van der Waals surface area contributed by atoms with Crippen molar-refractivity contribution >= 4 is 6.16 Å². The van der Waals surface area contributed by atoms with Crippen LogP contribution < -0.4 is 4.74 Å². The van der Waals surface area contributed by atoms with Gasteiger partial charge >= 0.3 is 6.16 Å². The molecule has 30 heavy (non-hydrogen) atoms. The van der Waals surface area contributed by atoms with E-state index in [-0.39, 0.29) is 11.8 Å². The van der Waals surface area contributed by atoms with Crippen LogP contribution in [0.5, 0.6) is 5.75 Å². The van der Waals surface area contributed by atoms with Crippen molar-refractivity contribution < 1.29 is 44.2 Å². The highest BCUT2D eigenvalue weighted by Crippen LogP contribution is 2.35. The summed E-state index contributed by atoms with van der Waals surface area (Å²) in [6.45, 7) is 8.75. The van der Waals surface area contributed by atoms with E-state index in [9.17, 15) is 25.2 Å². The molecule has 1 saturated heterocycles. The molecule has 0 amide bonds. The lowest BCUT2D eigenvalue weighted by molar-refractivity contribution is -0.328. The predicted molar refractivity (Wildman–Crippen MR) is 106 cm³/mol. The number of hydrogen-bond acceptors (Lipinski definition) is 9. The van der Waals surface area contributed by atoms with Crippen LogP contribution in [0.4, 0.5) is 4.79 Å². The van der Waals surface area contributed by atoms with E-state index < -0.39 is 49.8 Å². The van der Waals surface area contributed by atoms with E-state index in [4.69, 9.17) is 18.9 Å². The summed E-state index contributed by atoms with van der Waals surface area (Å²) in [5.41, 5.74) is 1.72. The van der Waals surface area contributed by atoms with Crippen molar-refractivity contribution in [2.45, 2.75) is 83.5 Å². The zero-order chi connectivity index (χ0) is 22.6. The molecule has 9 nitrogen and oxygen atoms in total. The first-order valence-electron chi connectivity index (χ1n) is 10.0. The SMILES string of the molecule is CC(OC(=O)Oc1c(C(C)C)cccc1C(C)C)O[C@H]1O[C@H](CO)[C@@H](O)[C@H](O)[C@H]1O. The molecule has 0 radical (unpaired) electrons. The summed E-state index contributed by atoms with van der Waals surface area (Å²) in [5.74, 6) is 0.677. The van der Waals surface area contributed by atoms with Gasteiger partial charge in [0, 0.05) is 0 Å². The van der Waals surface area contributed by atoms with Crippen LogP contribution in [0.1, 0.15) is 57.6 Å². The van der Waals surface area contributed by atoms with Gasteiger partial charge in [-0.2, -0.15) is 0 Å². The molecule has 1 unspecified atom stereocenters. The van der Waals surface area contributed by atoms with E-state index in [1.807, 2.05) is 45.9 Å². The molecule has 170 valence electrons. The molecule has 4 N–H and O–H groups in total.